The fourth-order valence-corrected chi connectivity index (χ4v) is 2.06. The number of alkyl halides is 1. The van der Waals surface area contributed by atoms with E-state index >= 15 is 0 Å². The lowest BCUT2D eigenvalue weighted by Gasteiger charge is -2.36. The van der Waals surface area contributed by atoms with Gasteiger partial charge in [-0.2, -0.15) is 4.98 Å². The molecule has 5 heteroatoms. The second-order valence-corrected chi connectivity index (χ2v) is 4.31. The van der Waals surface area contributed by atoms with Gasteiger partial charge in [0.15, 0.2) is 0 Å². The Hall–Kier alpha value is -1.39. The van der Waals surface area contributed by atoms with E-state index in [1.165, 1.54) is 0 Å². The van der Waals surface area contributed by atoms with Crippen LogP contribution in [0.2, 0.25) is 0 Å². The molecule has 0 unspecified atom stereocenters. The Bertz CT molecular complexity index is 371. The Morgan fingerprint density at radius 3 is 3.12 bits per heavy atom. The molecule has 1 aliphatic rings. The van der Waals surface area contributed by atoms with E-state index in [9.17, 15) is 4.39 Å². The standard InChI is InChI=1S/C11H17FN4/c1-2-11(12)5-3-7-16(8-11)10-14-6-4-9(13)15-10/h4,6H,2-3,5,7-8H2,1H3,(H2,13,14,15)/t11-/m0/s1. The van der Waals surface area contributed by atoms with Crippen LogP contribution >= 0.6 is 0 Å². The molecule has 88 valence electrons. The topological polar surface area (TPSA) is 55.0 Å². The van der Waals surface area contributed by atoms with Crippen molar-refractivity contribution in [2.24, 2.45) is 0 Å². The minimum Gasteiger partial charge on any atom is -0.384 e. The van der Waals surface area contributed by atoms with Gasteiger partial charge >= 0.3 is 0 Å². The minimum absolute atomic E-state index is 0.368. The lowest BCUT2D eigenvalue weighted by molar-refractivity contribution is 0.130. The SMILES string of the molecule is CC[C@]1(F)CCCN(c2nccc(N)n2)C1. The molecule has 1 atom stereocenters. The molecule has 4 nitrogen and oxygen atoms in total. The summed E-state index contributed by atoms with van der Waals surface area (Å²) in [4.78, 5) is 10.1. The number of hydrogen-bond acceptors (Lipinski definition) is 4. The van der Waals surface area contributed by atoms with Crippen LogP contribution in [0, 0.1) is 0 Å². The highest BCUT2D eigenvalue weighted by molar-refractivity contribution is 5.38. The molecule has 16 heavy (non-hydrogen) atoms. The summed E-state index contributed by atoms with van der Waals surface area (Å²) in [5.41, 5.74) is 4.49. The smallest absolute Gasteiger partial charge is 0.227 e. The zero-order chi connectivity index (χ0) is 11.6. The summed E-state index contributed by atoms with van der Waals surface area (Å²) in [6, 6.07) is 1.63. The van der Waals surface area contributed by atoms with Gasteiger partial charge in [-0.05, 0) is 25.3 Å². The van der Waals surface area contributed by atoms with Gasteiger partial charge in [-0.25, -0.2) is 9.37 Å². The number of hydrogen-bond donors (Lipinski definition) is 1. The van der Waals surface area contributed by atoms with Crippen LogP contribution < -0.4 is 10.6 Å². The first-order valence-electron chi connectivity index (χ1n) is 5.65. The average molecular weight is 224 g/mol. The number of halogens is 1. The number of nitrogens with two attached hydrogens (primary N) is 1. The van der Waals surface area contributed by atoms with Crippen molar-refractivity contribution in [3.05, 3.63) is 12.3 Å². The zero-order valence-electron chi connectivity index (χ0n) is 9.49. The van der Waals surface area contributed by atoms with Gasteiger partial charge in [0.05, 0.1) is 6.54 Å². The van der Waals surface area contributed by atoms with E-state index in [2.05, 4.69) is 9.97 Å². The number of nitrogens with zero attached hydrogens (tertiary/aromatic N) is 3. The number of piperidine rings is 1. The van der Waals surface area contributed by atoms with Gasteiger partial charge in [0, 0.05) is 12.7 Å². The van der Waals surface area contributed by atoms with E-state index in [4.69, 9.17) is 5.73 Å². The van der Waals surface area contributed by atoms with Crippen molar-refractivity contribution in [2.75, 3.05) is 23.7 Å². The summed E-state index contributed by atoms with van der Waals surface area (Å²) in [6.07, 6.45) is 3.61. The molecule has 0 saturated carbocycles. The van der Waals surface area contributed by atoms with E-state index in [1.54, 1.807) is 12.3 Å². The van der Waals surface area contributed by atoms with Gasteiger partial charge in [0.25, 0.3) is 0 Å². The molecule has 0 amide bonds. The fourth-order valence-electron chi connectivity index (χ4n) is 2.06. The molecule has 1 aromatic rings. The normalized spacial score (nSPS) is 25.8. The summed E-state index contributed by atoms with van der Waals surface area (Å²) < 4.78 is 14.2. The largest absolute Gasteiger partial charge is 0.384 e. The van der Waals surface area contributed by atoms with Crippen molar-refractivity contribution in [1.29, 1.82) is 0 Å². The van der Waals surface area contributed by atoms with Gasteiger partial charge in [0.1, 0.15) is 11.5 Å². The third-order valence-electron chi connectivity index (χ3n) is 3.11. The van der Waals surface area contributed by atoms with Gasteiger partial charge in [-0.1, -0.05) is 6.92 Å². The maximum Gasteiger partial charge on any atom is 0.227 e. The highest BCUT2D eigenvalue weighted by Crippen LogP contribution is 2.29. The number of nitrogen functional groups attached to an aromatic ring is 1. The van der Waals surface area contributed by atoms with Crippen LogP contribution in [0.4, 0.5) is 16.2 Å². The number of rotatable bonds is 2. The zero-order valence-corrected chi connectivity index (χ0v) is 9.49. The number of anilines is 2. The van der Waals surface area contributed by atoms with Gasteiger partial charge < -0.3 is 10.6 Å². The van der Waals surface area contributed by atoms with Crippen molar-refractivity contribution >= 4 is 11.8 Å². The molecule has 1 aliphatic heterocycles. The first-order valence-corrected chi connectivity index (χ1v) is 5.65. The second kappa shape index (κ2) is 4.23. The Kier molecular flexibility index (Phi) is 2.94. The van der Waals surface area contributed by atoms with Gasteiger partial charge in [-0.3, -0.25) is 0 Å². The predicted molar refractivity (Wildman–Crippen MR) is 62.0 cm³/mol. The van der Waals surface area contributed by atoms with Crippen LogP contribution in [0.15, 0.2) is 12.3 Å². The molecule has 1 fully saturated rings. The molecule has 0 aromatic carbocycles. The minimum atomic E-state index is -1.10. The molecular weight excluding hydrogens is 207 g/mol. The highest BCUT2D eigenvalue weighted by atomic mass is 19.1. The van der Waals surface area contributed by atoms with Crippen molar-refractivity contribution in [3.63, 3.8) is 0 Å². The molecule has 2 N–H and O–H groups in total. The summed E-state index contributed by atoms with van der Waals surface area (Å²) in [5, 5.41) is 0. The third-order valence-corrected chi connectivity index (χ3v) is 3.11. The Morgan fingerprint density at radius 2 is 2.44 bits per heavy atom. The Morgan fingerprint density at radius 1 is 1.62 bits per heavy atom. The lowest BCUT2D eigenvalue weighted by Crippen LogP contribution is -2.45. The maximum atomic E-state index is 14.2. The lowest BCUT2D eigenvalue weighted by atomic mass is 9.92. The maximum absolute atomic E-state index is 14.2. The predicted octanol–water partition coefficient (Wildman–Crippen LogP) is 1.78. The van der Waals surface area contributed by atoms with Crippen molar-refractivity contribution in [2.45, 2.75) is 31.9 Å². The van der Waals surface area contributed by atoms with E-state index in [0.29, 0.717) is 31.2 Å². The third kappa shape index (κ3) is 2.23. The van der Waals surface area contributed by atoms with Crippen molar-refractivity contribution < 1.29 is 4.39 Å². The molecule has 0 bridgehead atoms. The Labute approximate surface area is 94.7 Å². The summed E-state index contributed by atoms with van der Waals surface area (Å²) >= 11 is 0. The first-order chi connectivity index (χ1) is 7.63. The Balaban J connectivity index is 2.16. The highest BCUT2D eigenvalue weighted by Gasteiger charge is 2.34. The molecule has 2 heterocycles. The summed E-state index contributed by atoms with van der Waals surface area (Å²) in [6.45, 7) is 3.05. The van der Waals surface area contributed by atoms with Crippen LogP contribution in [-0.4, -0.2) is 28.7 Å². The number of aromatic nitrogens is 2. The van der Waals surface area contributed by atoms with Gasteiger partial charge in [-0.15, -0.1) is 0 Å². The van der Waals surface area contributed by atoms with E-state index in [-0.39, 0.29) is 0 Å². The fraction of sp³-hybridized carbons (Fsp3) is 0.636. The van der Waals surface area contributed by atoms with Crippen LogP contribution in [0.3, 0.4) is 0 Å². The van der Waals surface area contributed by atoms with E-state index in [1.807, 2.05) is 11.8 Å². The molecule has 1 aromatic heterocycles. The second-order valence-electron chi connectivity index (χ2n) is 4.31. The summed E-state index contributed by atoms with van der Waals surface area (Å²) in [7, 11) is 0. The quantitative estimate of drug-likeness (QED) is 0.832. The molecule has 2 rings (SSSR count). The summed E-state index contributed by atoms with van der Waals surface area (Å²) in [5.74, 6) is 0.965. The molecule has 0 radical (unpaired) electrons. The molecule has 0 spiro atoms. The monoisotopic (exact) mass is 224 g/mol. The van der Waals surface area contributed by atoms with Crippen LogP contribution in [-0.2, 0) is 0 Å². The van der Waals surface area contributed by atoms with Crippen LogP contribution in [0.5, 0.6) is 0 Å². The van der Waals surface area contributed by atoms with E-state index in [0.717, 1.165) is 13.0 Å². The van der Waals surface area contributed by atoms with Crippen LogP contribution in [0.25, 0.3) is 0 Å². The van der Waals surface area contributed by atoms with E-state index < -0.39 is 5.67 Å². The first kappa shape index (κ1) is 11.1. The molecule has 0 aliphatic carbocycles. The van der Waals surface area contributed by atoms with Gasteiger partial charge in [0.2, 0.25) is 5.95 Å². The van der Waals surface area contributed by atoms with Crippen molar-refractivity contribution in [1.82, 2.24) is 9.97 Å². The van der Waals surface area contributed by atoms with Crippen molar-refractivity contribution in [3.8, 4) is 0 Å². The molecule has 1 saturated heterocycles. The average Bonchev–Trinajstić information content (AvgIpc) is 2.29. The van der Waals surface area contributed by atoms with Crippen LogP contribution in [0.1, 0.15) is 26.2 Å². The molecular formula is C11H17FN4.